The zero-order valence-corrected chi connectivity index (χ0v) is 9.36. The first kappa shape index (κ1) is 11.3. The molecule has 0 aromatic heterocycles. The molecule has 0 aliphatic carbocycles. The summed E-state index contributed by atoms with van der Waals surface area (Å²) in [5.41, 5.74) is 5.83. The number of rotatable bonds is 4. The van der Waals surface area contributed by atoms with Crippen LogP contribution in [0.4, 0.5) is 0 Å². The second-order valence-corrected chi connectivity index (χ2v) is 4.52. The topological polar surface area (TPSA) is 47.7 Å². The molecule has 0 amide bonds. The maximum Gasteiger partial charge on any atom is 0.157 e. The van der Waals surface area contributed by atoms with Gasteiger partial charge in [0.15, 0.2) is 6.29 Å². The van der Waals surface area contributed by atoms with Gasteiger partial charge in [0.1, 0.15) is 0 Å². The van der Waals surface area contributed by atoms with Crippen LogP contribution in [0.5, 0.6) is 0 Å². The van der Waals surface area contributed by atoms with Crippen molar-refractivity contribution in [3.63, 3.8) is 0 Å². The van der Waals surface area contributed by atoms with Crippen LogP contribution in [0, 0.1) is 0 Å². The van der Waals surface area contributed by atoms with E-state index >= 15 is 0 Å². The van der Waals surface area contributed by atoms with Crippen molar-refractivity contribution in [3.05, 3.63) is 0 Å². The SMILES string of the molecule is NC1CCN(CCOC2CCCCO2)C1. The standard InChI is InChI=1S/C11H22N2O2/c12-10-4-5-13(9-10)6-8-15-11-3-1-2-7-14-11/h10-11H,1-9,12H2. The maximum atomic E-state index is 5.83. The van der Waals surface area contributed by atoms with E-state index in [9.17, 15) is 0 Å². The minimum Gasteiger partial charge on any atom is -0.353 e. The Morgan fingerprint density at radius 2 is 2.27 bits per heavy atom. The molecule has 0 bridgehead atoms. The molecule has 2 aliphatic heterocycles. The number of ether oxygens (including phenoxy) is 2. The van der Waals surface area contributed by atoms with Crippen LogP contribution in [0.3, 0.4) is 0 Å². The number of hydrogen-bond donors (Lipinski definition) is 1. The van der Waals surface area contributed by atoms with E-state index in [4.69, 9.17) is 15.2 Å². The lowest BCUT2D eigenvalue weighted by molar-refractivity contribution is -0.163. The van der Waals surface area contributed by atoms with Gasteiger partial charge in [-0.05, 0) is 32.2 Å². The van der Waals surface area contributed by atoms with Gasteiger partial charge in [-0.15, -0.1) is 0 Å². The Morgan fingerprint density at radius 3 is 2.93 bits per heavy atom. The molecule has 2 aliphatic rings. The predicted molar refractivity (Wildman–Crippen MR) is 58.6 cm³/mol. The highest BCUT2D eigenvalue weighted by Crippen LogP contribution is 2.14. The van der Waals surface area contributed by atoms with Crippen LogP contribution in [0.1, 0.15) is 25.7 Å². The van der Waals surface area contributed by atoms with Gasteiger partial charge < -0.3 is 15.2 Å². The minimum absolute atomic E-state index is 0.0510. The third kappa shape index (κ3) is 3.72. The van der Waals surface area contributed by atoms with Gasteiger partial charge >= 0.3 is 0 Å². The molecule has 0 spiro atoms. The molecule has 2 N–H and O–H groups in total. The summed E-state index contributed by atoms with van der Waals surface area (Å²) < 4.78 is 11.2. The van der Waals surface area contributed by atoms with Crippen molar-refractivity contribution in [2.75, 3.05) is 32.8 Å². The van der Waals surface area contributed by atoms with Gasteiger partial charge in [-0.2, -0.15) is 0 Å². The molecule has 0 saturated carbocycles. The first-order chi connectivity index (χ1) is 7.34. The fourth-order valence-corrected chi connectivity index (χ4v) is 2.22. The molecule has 0 aromatic carbocycles. The van der Waals surface area contributed by atoms with Gasteiger partial charge in [0.05, 0.1) is 6.61 Å². The van der Waals surface area contributed by atoms with Crippen LogP contribution in [-0.2, 0) is 9.47 Å². The predicted octanol–water partition coefficient (Wildman–Crippen LogP) is 0.563. The van der Waals surface area contributed by atoms with Crippen LogP contribution in [0.25, 0.3) is 0 Å². The Balaban J connectivity index is 1.54. The van der Waals surface area contributed by atoms with Crippen molar-refractivity contribution in [2.24, 2.45) is 5.73 Å². The molecule has 2 unspecified atom stereocenters. The Morgan fingerprint density at radius 1 is 1.33 bits per heavy atom. The van der Waals surface area contributed by atoms with Crippen LogP contribution in [-0.4, -0.2) is 50.1 Å². The highest BCUT2D eigenvalue weighted by molar-refractivity contribution is 4.77. The van der Waals surface area contributed by atoms with Crippen molar-refractivity contribution >= 4 is 0 Å². The molecule has 2 atom stereocenters. The molecular weight excluding hydrogens is 192 g/mol. The van der Waals surface area contributed by atoms with Gasteiger partial charge in [0, 0.05) is 25.7 Å². The molecule has 88 valence electrons. The van der Waals surface area contributed by atoms with Crippen LogP contribution in [0.2, 0.25) is 0 Å². The summed E-state index contributed by atoms with van der Waals surface area (Å²) in [6, 6.07) is 0.371. The van der Waals surface area contributed by atoms with E-state index in [-0.39, 0.29) is 6.29 Å². The lowest BCUT2D eigenvalue weighted by Gasteiger charge is -2.24. The van der Waals surface area contributed by atoms with Crippen LogP contribution < -0.4 is 5.73 Å². The van der Waals surface area contributed by atoms with E-state index in [1.807, 2.05) is 0 Å². The van der Waals surface area contributed by atoms with Crippen molar-refractivity contribution in [1.29, 1.82) is 0 Å². The smallest absolute Gasteiger partial charge is 0.157 e. The van der Waals surface area contributed by atoms with Crippen molar-refractivity contribution < 1.29 is 9.47 Å². The Hall–Kier alpha value is -0.160. The molecule has 0 radical (unpaired) electrons. The summed E-state index contributed by atoms with van der Waals surface area (Å²) in [5, 5.41) is 0. The summed E-state index contributed by atoms with van der Waals surface area (Å²) in [5.74, 6) is 0. The molecule has 4 nitrogen and oxygen atoms in total. The summed E-state index contributed by atoms with van der Waals surface area (Å²) in [7, 11) is 0. The third-order valence-corrected chi connectivity index (χ3v) is 3.16. The quantitative estimate of drug-likeness (QED) is 0.743. The van der Waals surface area contributed by atoms with E-state index in [1.165, 1.54) is 12.8 Å². The Bertz CT molecular complexity index is 179. The fourth-order valence-electron chi connectivity index (χ4n) is 2.22. The van der Waals surface area contributed by atoms with Crippen LogP contribution in [0.15, 0.2) is 0 Å². The van der Waals surface area contributed by atoms with Gasteiger partial charge in [0.25, 0.3) is 0 Å². The fraction of sp³-hybridized carbons (Fsp3) is 1.00. The molecule has 4 heteroatoms. The van der Waals surface area contributed by atoms with E-state index in [2.05, 4.69) is 4.90 Å². The minimum atomic E-state index is 0.0510. The van der Waals surface area contributed by atoms with Crippen molar-refractivity contribution in [3.8, 4) is 0 Å². The molecule has 2 rings (SSSR count). The van der Waals surface area contributed by atoms with Gasteiger partial charge in [-0.25, -0.2) is 0 Å². The first-order valence-electron chi connectivity index (χ1n) is 6.06. The Labute approximate surface area is 91.7 Å². The summed E-state index contributed by atoms with van der Waals surface area (Å²) in [6.07, 6.45) is 4.65. The zero-order chi connectivity index (χ0) is 10.5. The molecule has 0 aromatic rings. The summed E-state index contributed by atoms with van der Waals surface area (Å²) in [4.78, 5) is 2.37. The van der Waals surface area contributed by atoms with Gasteiger partial charge in [-0.3, -0.25) is 4.90 Å². The molecule has 15 heavy (non-hydrogen) atoms. The number of nitrogens with two attached hydrogens (primary N) is 1. The van der Waals surface area contributed by atoms with E-state index in [1.54, 1.807) is 0 Å². The lowest BCUT2D eigenvalue weighted by Crippen LogP contribution is -2.31. The van der Waals surface area contributed by atoms with Crippen molar-refractivity contribution in [2.45, 2.75) is 38.0 Å². The lowest BCUT2D eigenvalue weighted by atomic mass is 10.2. The molecule has 2 fully saturated rings. The second kappa shape index (κ2) is 5.80. The maximum absolute atomic E-state index is 5.83. The molecule has 2 heterocycles. The monoisotopic (exact) mass is 214 g/mol. The van der Waals surface area contributed by atoms with Crippen molar-refractivity contribution in [1.82, 2.24) is 4.90 Å². The highest BCUT2D eigenvalue weighted by atomic mass is 16.7. The second-order valence-electron chi connectivity index (χ2n) is 4.52. The first-order valence-corrected chi connectivity index (χ1v) is 6.06. The number of nitrogens with zero attached hydrogens (tertiary/aromatic N) is 1. The number of likely N-dealkylation sites (tertiary alicyclic amines) is 1. The summed E-state index contributed by atoms with van der Waals surface area (Å²) in [6.45, 7) is 4.77. The summed E-state index contributed by atoms with van der Waals surface area (Å²) >= 11 is 0. The molecular formula is C11H22N2O2. The zero-order valence-electron chi connectivity index (χ0n) is 9.36. The normalized spacial score (nSPS) is 33.4. The van der Waals surface area contributed by atoms with E-state index < -0.39 is 0 Å². The third-order valence-electron chi connectivity index (χ3n) is 3.16. The molecule has 2 saturated heterocycles. The van der Waals surface area contributed by atoms with E-state index in [0.717, 1.165) is 45.7 Å². The average molecular weight is 214 g/mol. The Kier molecular flexibility index (Phi) is 4.38. The van der Waals surface area contributed by atoms with Gasteiger partial charge in [0.2, 0.25) is 0 Å². The average Bonchev–Trinajstić information content (AvgIpc) is 2.66. The van der Waals surface area contributed by atoms with Crippen LogP contribution >= 0.6 is 0 Å². The largest absolute Gasteiger partial charge is 0.353 e. The van der Waals surface area contributed by atoms with E-state index in [0.29, 0.717) is 6.04 Å². The highest BCUT2D eigenvalue weighted by Gasteiger charge is 2.19. The number of hydrogen-bond acceptors (Lipinski definition) is 4. The van der Waals surface area contributed by atoms with Gasteiger partial charge in [-0.1, -0.05) is 0 Å².